The molecule has 0 spiro atoms. The zero-order valence-corrected chi connectivity index (χ0v) is 20.1. The molecule has 0 atom stereocenters. The number of furan rings is 1. The molecular weight excluding hydrogens is 585 g/mol. The van der Waals surface area contributed by atoms with Gasteiger partial charge in [0.05, 0.1) is 11.8 Å². The average Bonchev–Trinajstić information content (AvgIpc) is 3.25. The first-order chi connectivity index (χ1) is 15.8. The van der Waals surface area contributed by atoms with E-state index < -0.39 is 0 Å². The number of para-hydroxylation sites is 1. The molecule has 6 aromatic rings. The Morgan fingerprint density at radius 3 is 2.36 bits per heavy atom. The fourth-order valence-electron chi connectivity index (χ4n) is 3.66. The molecule has 160 valence electrons. The van der Waals surface area contributed by atoms with E-state index in [2.05, 4.69) is 30.2 Å². The molecule has 0 saturated carbocycles. The molecule has 0 aliphatic carbocycles. The number of hydrogen-bond donors (Lipinski definition) is 0. The smallest absolute Gasteiger partial charge is 0.501 e. The predicted octanol–water partition coefficient (Wildman–Crippen LogP) is 6.53. The van der Waals surface area contributed by atoms with Crippen molar-refractivity contribution in [3.05, 3.63) is 129 Å². The summed E-state index contributed by atoms with van der Waals surface area (Å²) in [6, 6.07) is 38.1. The Morgan fingerprint density at radius 1 is 0.758 bits per heavy atom. The van der Waals surface area contributed by atoms with Gasteiger partial charge < -0.3 is 14.0 Å². The summed E-state index contributed by atoms with van der Waals surface area (Å²) in [7, 11) is 3.89. The second-order valence-corrected chi connectivity index (χ2v) is 7.24. The molecule has 3 aromatic heterocycles. The van der Waals surface area contributed by atoms with E-state index in [4.69, 9.17) is 4.42 Å². The van der Waals surface area contributed by atoms with Crippen LogP contribution in [0.2, 0.25) is 0 Å². The number of fused-ring (bicyclic) bond motifs is 3. The molecule has 0 aliphatic heterocycles. The molecule has 3 nitrogen and oxygen atoms in total. The Bertz CT molecular complexity index is 1480. The molecular formula is C29H20IrN2O+. The minimum atomic E-state index is 0. The third-order valence-electron chi connectivity index (χ3n) is 5.19. The van der Waals surface area contributed by atoms with E-state index in [0.29, 0.717) is 0 Å². The summed E-state index contributed by atoms with van der Waals surface area (Å²) in [5.41, 5.74) is 5.68. The largest absolute Gasteiger partial charge is 3.00 e. The molecule has 0 saturated heterocycles. The van der Waals surface area contributed by atoms with Gasteiger partial charge in [-0.25, -0.2) is 0 Å². The summed E-state index contributed by atoms with van der Waals surface area (Å²) >= 11 is 0. The van der Waals surface area contributed by atoms with Crippen LogP contribution in [0.5, 0.6) is 0 Å². The van der Waals surface area contributed by atoms with Gasteiger partial charge in [0.1, 0.15) is 11.3 Å². The van der Waals surface area contributed by atoms with Crippen LogP contribution >= 0.6 is 0 Å². The van der Waals surface area contributed by atoms with Gasteiger partial charge in [-0.05, 0) is 23.9 Å². The van der Waals surface area contributed by atoms with E-state index in [1.807, 2.05) is 102 Å². The standard InChI is InChI=1S/C17H10NO.C12H10N.Ir/c1-2-10-16-12(6-1)13-7-5-8-14(17(13)19-16)15-9-3-4-11-18-15;1-13-10-6-5-9-12(13)11-7-3-2-4-8-11;/h1-7,9-11H;2-7,9-10H,1H2;/q2*-1;+3. The minimum absolute atomic E-state index is 0. The SMILES string of the molecule is [CH2-][n+]1ccccc1-c1[c-]cccc1.[Ir+3].[c-]1ccc2c(oc3ccccc32)c1-c1ccccn1. The summed E-state index contributed by atoms with van der Waals surface area (Å²) in [6.45, 7) is 0. The number of benzene rings is 3. The molecule has 0 amide bonds. The van der Waals surface area contributed by atoms with Crippen LogP contribution in [-0.2, 0) is 20.1 Å². The molecule has 4 heteroatoms. The van der Waals surface area contributed by atoms with Gasteiger partial charge in [0.25, 0.3) is 0 Å². The monoisotopic (exact) mass is 605 g/mol. The molecule has 0 aliphatic rings. The first-order valence-corrected chi connectivity index (χ1v) is 10.3. The second kappa shape index (κ2) is 10.3. The quantitative estimate of drug-likeness (QED) is 0.166. The Morgan fingerprint density at radius 2 is 1.58 bits per heavy atom. The molecule has 0 fully saturated rings. The van der Waals surface area contributed by atoms with Gasteiger partial charge in [0.15, 0.2) is 0 Å². The number of pyridine rings is 2. The van der Waals surface area contributed by atoms with Crippen molar-refractivity contribution in [2.45, 2.75) is 0 Å². The summed E-state index contributed by atoms with van der Waals surface area (Å²) in [6.07, 6.45) is 3.71. The maximum atomic E-state index is 5.97. The molecule has 6 rings (SSSR count). The van der Waals surface area contributed by atoms with Gasteiger partial charge in [-0.2, -0.15) is 0 Å². The van der Waals surface area contributed by atoms with Crippen molar-refractivity contribution in [3.63, 3.8) is 0 Å². The Hall–Kier alpha value is -3.72. The van der Waals surface area contributed by atoms with Crippen LogP contribution in [0.3, 0.4) is 0 Å². The average molecular weight is 605 g/mol. The van der Waals surface area contributed by atoms with Gasteiger partial charge in [0.2, 0.25) is 0 Å². The zero-order chi connectivity index (χ0) is 21.8. The summed E-state index contributed by atoms with van der Waals surface area (Å²) in [4.78, 5) is 4.38. The predicted molar refractivity (Wildman–Crippen MR) is 127 cm³/mol. The van der Waals surface area contributed by atoms with E-state index in [1.165, 1.54) is 0 Å². The number of hydrogen-bond acceptors (Lipinski definition) is 2. The third-order valence-corrected chi connectivity index (χ3v) is 5.19. The van der Waals surface area contributed by atoms with Gasteiger partial charge in [-0.15, -0.1) is 48.5 Å². The molecule has 3 aromatic carbocycles. The molecule has 0 radical (unpaired) electrons. The molecule has 33 heavy (non-hydrogen) atoms. The molecule has 0 N–H and O–H groups in total. The first kappa shape index (κ1) is 22.5. The van der Waals surface area contributed by atoms with Crippen LogP contribution in [0.25, 0.3) is 44.5 Å². The molecule has 0 unspecified atom stereocenters. The minimum Gasteiger partial charge on any atom is -0.501 e. The number of rotatable bonds is 2. The van der Waals surface area contributed by atoms with Gasteiger partial charge in [-0.1, -0.05) is 59.0 Å². The molecule has 0 bridgehead atoms. The van der Waals surface area contributed by atoms with E-state index in [1.54, 1.807) is 6.20 Å². The summed E-state index contributed by atoms with van der Waals surface area (Å²) < 4.78 is 7.81. The van der Waals surface area contributed by atoms with Gasteiger partial charge in [0, 0.05) is 18.6 Å². The third kappa shape index (κ3) is 4.73. The molecule has 3 heterocycles. The van der Waals surface area contributed by atoms with Crippen LogP contribution < -0.4 is 4.57 Å². The fraction of sp³-hybridized carbons (Fsp3) is 0. The topological polar surface area (TPSA) is 29.9 Å². The fourth-order valence-corrected chi connectivity index (χ4v) is 3.66. The number of nitrogens with zero attached hydrogens (tertiary/aromatic N) is 2. The first-order valence-electron chi connectivity index (χ1n) is 10.3. The van der Waals surface area contributed by atoms with Crippen molar-refractivity contribution in [2.24, 2.45) is 0 Å². The van der Waals surface area contributed by atoms with Crippen molar-refractivity contribution in [1.29, 1.82) is 0 Å². The normalized spacial score (nSPS) is 10.3. The summed E-state index contributed by atoms with van der Waals surface area (Å²) in [5, 5.41) is 2.23. The Kier molecular flexibility index (Phi) is 6.99. The van der Waals surface area contributed by atoms with Crippen molar-refractivity contribution in [1.82, 2.24) is 4.98 Å². The summed E-state index contributed by atoms with van der Waals surface area (Å²) in [5.74, 6) is 0. The van der Waals surface area contributed by atoms with Gasteiger partial charge >= 0.3 is 20.1 Å². The Balaban J connectivity index is 0.000000164. The zero-order valence-electron chi connectivity index (χ0n) is 17.7. The van der Waals surface area contributed by atoms with Crippen LogP contribution in [0, 0.1) is 19.2 Å². The van der Waals surface area contributed by atoms with E-state index in [-0.39, 0.29) is 20.1 Å². The van der Waals surface area contributed by atoms with Crippen LogP contribution in [0.15, 0.2) is 114 Å². The van der Waals surface area contributed by atoms with Crippen molar-refractivity contribution in [3.8, 4) is 22.5 Å². The number of aromatic nitrogens is 2. The van der Waals surface area contributed by atoms with E-state index in [0.717, 1.165) is 44.5 Å². The van der Waals surface area contributed by atoms with Crippen molar-refractivity contribution >= 4 is 21.9 Å². The van der Waals surface area contributed by atoms with Crippen LogP contribution in [-0.4, -0.2) is 4.98 Å². The van der Waals surface area contributed by atoms with Crippen LogP contribution in [0.4, 0.5) is 0 Å². The maximum Gasteiger partial charge on any atom is 3.00 e. The maximum absolute atomic E-state index is 5.97. The van der Waals surface area contributed by atoms with Gasteiger partial charge in [-0.3, -0.25) is 0 Å². The Labute approximate surface area is 206 Å². The van der Waals surface area contributed by atoms with E-state index in [9.17, 15) is 0 Å². The second-order valence-electron chi connectivity index (χ2n) is 7.24. The van der Waals surface area contributed by atoms with Crippen molar-refractivity contribution in [2.75, 3.05) is 0 Å². The van der Waals surface area contributed by atoms with Crippen molar-refractivity contribution < 1.29 is 29.1 Å². The van der Waals surface area contributed by atoms with Crippen LogP contribution in [0.1, 0.15) is 0 Å². The van der Waals surface area contributed by atoms with E-state index >= 15 is 0 Å².